The van der Waals surface area contributed by atoms with Crippen LogP contribution in [0.1, 0.15) is 40.5 Å². The molecule has 5 nitrogen and oxygen atoms in total. The molecule has 0 aliphatic heterocycles. The molecule has 0 aromatic rings. The first kappa shape index (κ1) is 24.2. The number of carboxylic acid groups (broad SMARTS) is 2. The van der Waals surface area contributed by atoms with Crippen LogP contribution in [0.15, 0.2) is 0 Å². The van der Waals surface area contributed by atoms with Gasteiger partial charge in [0.15, 0.2) is 0 Å². The van der Waals surface area contributed by atoms with Gasteiger partial charge in [0, 0.05) is 13.1 Å². The molecule has 6 heteroatoms. The van der Waals surface area contributed by atoms with Crippen molar-refractivity contribution in [1.82, 2.24) is 10.6 Å². The summed E-state index contributed by atoms with van der Waals surface area (Å²) in [6.07, 6.45) is 0.484. The van der Waals surface area contributed by atoms with E-state index >= 15 is 0 Å². The first-order valence-corrected chi connectivity index (χ1v) is 6.67. The number of hydrogen-bond acceptors (Lipinski definition) is 4. The van der Waals surface area contributed by atoms with Crippen LogP contribution < -0.4 is 45.3 Å². The van der Waals surface area contributed by atoms with Gasteiger partial charge in [0.1, 0.15) is 0 Å². The molecule has 3 N–H and O–H groups in total. The molecule has 0 fully saturated rings. The third-order valence-corrected chi connectivity index (χ3v) is 2.28. The molecule has 0 saturated heterocycles. The van der Waals surface area contributed by atoms with Crippen LogP contribution in [0.2, 0.25) is 0 Å². The molecular weight excluding hydrogens is 255 g/mol. The van der Waals surface area contributed by atoms with Gasteiger partial charge in [-0.1, -0.05) is 27.7 Å². The van der Waals surface area contributed by atoms with Gasteiger partial charge in [-0.15, -0.1) is 0 Å². The number of carbonyl (C=O) groups is 1. The Kier molecular flexibility index (Phi) is 23.2. The molecule has 0 bridgehead atoms. The second kappa shape index (κ2) is 18.2. The smallest absolute Gasteiger partial charge is 0.565 e. The zero-order chi connectivity index (χ0) is 14.4. The second-order valence-corrected chi connectivity index (χ2v) is 5.13. The van der Waals surface area contributed by atoms with E-state index in [-0.39, 0.29) is 29.6 Å². The minimum absolute atomic E-state index is 0. The molecule has 0 saturated carbocycles. The SMILES string of the molecule is CC(C)CCNCCNCCC(C)C.O=C([O-])O.[Na+]. The Labute approximate surface area is 139 Å². The minimum atomic E-state index is -2.08. The number of hydrogen-bond donors (Lipinski definition) is 3. The Bertz CT molecular complexity index is 173. The zero-order valence-electron chi connectivity index (χ0n) is 13.2. The minimum Gasteiger partial charge on any atom is -0.565 e. The van der Waals surface area contributed by atoms with Gasteiger partial charge >= 0.3 is 29.6 Å². The molecule has 0 heterocycles. The summed E-state index contributed by atoms with van der Waals surface area (Å²) < 4.78 is 0. The molecule has 0 aromatic heterocycles. The fraction of sp³-hybridized carbons (Fsp3) is 0.923. The average Bonchev–Trinajstić information content (AvgIpc) is 2.20. The predicted octanol–water partition coefficient (Wildman–Crippen LogP) is -1.85. The van der Waals surface area contributed by atoms with Gasteiger partial charge in [-0.05, 0) is 37.8 Å². The van der Waals surface area contributed by atoms with Gasteiger partial charge < -0.3 is 25.6 Å². The second-order valence-electron chi connectivity index (χ2n) is 5.13. The molecule has 0 aliphatic carbocycles. The standard InChI is InChI=1S/C12H28N2.CH2O3.Na/c1-11(2)5-7-13-9-10-14-8-6-12(3)4;2-1(3)4;/h11-14H,5-10H2,1-4H3;(H2,2,3,4);/q;;+1/p-1. The van der Waals surface area contributed by atoms with Crippen molar-refractivity contribution in [2.45, 2.75) is 40.5 Å². The van der Waals surface area contributed by atoms with Crippen LogP contribution in [-0.2, 0) is 0 Å². The summed E-state index contributed by atoms with van der Waals surface area (Å²) in [6, 6.07) is 0. The third kappa shape index (κ3) is 38.1. The Hall–Kier alpha value is 0.190. The van der Waals surface area contributed by atoms with E-state index in [9.17, 15) is 0 Å². The predicted molar refractivity (Wildman–Crippen MR) is 72.7 cm³/mol. The molecular formula is C13H29N2NaO3. The fourth-order valence-electron chi connectivity index (χ4n) is 1.21. The number of rotatable bonds is 9. The summed E-state index contributed by atoms with van der Waals surface area (Å²) in [5.41, 5.74) is 0. The molecule has 0 aromatic carbocycles. The van der Waals surface area contributed by atoms with Crippen LogP contribution in [0, 0.1) is 11.8 Å². The van der Waals surface area contributed by atoms with Crippen LogP contribution >= 0.6 is 0 Å². The van der Waals surface area contributed by atoms with Gasteiger partial charge in [-0.25, -0.2) is 0 Å². The summed E-state index contributed by atoms with van der Waals surface area (Å²) in [7, 11) is 0. The first-order chi connectivity index (χ1) is 8.36. The molecule has 110 valence electrons. The van der Waals surface area contributed by atoms with Crippen molar-refractivity contribution in [3.8, 4) is 0 Å². The van der Waals surface area contributed by atoms with E-state index in [1.165, 1.54) is 12.8 Å². The van der Waals surface area contributed by atoms with E-state index in [1.54, 1.807) is 0 Å². The van der Waals surface area contributed by atoms with Crippen molar-refractivity contribution in [3.05, 3.63) is 0 Å². The topological polar surface area (TPSA) is 84.4 Å². The van der Waals surface area contributed by atoms with Crippen LogP contribution in [0.5, 0.6) is 0 Å². The van der Waals surface area contributed by atoms with Gasteiger partial charge in [0.25, 0.3) is 0 Å². The maximum Gasteiger partial charge on any atom is 1.00 e. The van der Waals surface area contributed by atoms with Gasteiger partial charge in [0.2, 0.25) is 6.16 Å². The number of nitrogens with one attached hydrogen (secondary N) is 2. The molecule has 0 atom stereocenters. The maximum atomic E-state index is 8.44. The Morgan fingerprint density at radius 2 is 1.21 bits per heavy atom. The van der Waals surface area contributed by atoms with E-state index in [0.717, 1.165) is 38.0 Å². The van der Waals surface area contributed by atoms with Crippen molar-refractivity contribution in [2.75, 3.05) is 26.2 Å². The van der Waals surface area contributed by atoms with Crippen molar-refractivity contribution in [1.29, 1.82) is 0 Å². The first-order valence-electron chi connectivity index (χ1n) is 6.67. The molecule has 0 aliphatic rings. The summed E-state index contributed by atoms with van der Waals surface area (Å²) in [4.78, 5) is 8.44. The molecule has 19 heavy (non-hydrogen) atoms. The Morgan fingerprint density at radius 3 is 1.42 bits per heavy atom. The zero-order valence-corrected chi connectivity index (χ0v) is 15.2. The van der Waals surface area contributed by atoms with Crippen molar-refractivity contribution in [3.63, 3.8) is 0 Å². The van der Waals surface area contributed by atoms with Crippen molar-refractivity contribution in [2.24, 2.45) is 11.8 Å². The van der Waals surface area contributed by atoms with E-state index in [2.05, 4.69) is 38.3 Å². The Balaban J connectivity index is -0.000000448. The van der Waals surface area contributed by atoms with E-state index in [1.807, 2.05) is 0 Å². The molecule has 0 spiro atoms. The van der Waals surface area contributed by atoms with Crippen LogP contribution in [0.25, 0.3) is 0 Å². The average molecular weight is 284 g/mol. The van der Waals surface area contributed by atoms with Crippen LogP contribution in [-0.4, -0.2) is 37.4 Å². The maximum absolute atomic E-state index is 8.44. The van der Waals surface area contributed by atoms with E-state index in [4.69, 9.17) is 15.0 Å². The quantitative estimate of drug-likeness (QED) is 0.342. The van der Waals surface area contributed by atoms with Crippen molar-refractivity contribution >= 4 is 6.16 Å². The molecule has 0 unspecified atom stereocenters. The third-order valence-electron chi connectivity index (χ3n) is 2.28. The van der Waals surface area contributed by atoms with Gasteiger partial charge in [-0.3, -0.25) is 0 Å². The van der Waals surface area contributed by atoms with Gasteiger partial charge in [-0.2, -0.15) is 0 Å². The van der Waals surface area contributed by atoms with Crippen LogP contribution in [0.3, 0.4) is 0 Å². The van der Waals surface area contributed by atoms with Gasteiger partial charge in [0.05, 0.1) is 0 Å². The summed E-state index contributed by atoms with van der Waals surface area (Å²) >= 11 is 0. The fourth-order valence-corrected chi connectivity index (χ4v) is 1.21. The molecule has 0 amide bonds. The van der Waals surface area contributed by atoms with Crippen LogP contribution in [0.4, 0.5) is 4.79 Å². The summed E-state index contributed by atoms with van der Waals surface area (Å²) in [6.45, 7) is 13.6. The summed E-state index contributed by atoms with van der Waals surface area (Å²) in [5.74, 6) is 1.63. The monoisotopic (exact) mass is 284 g/mol. The summed E-state index contributed by atoms with van der Waals surface area (Å²) in [5, 5.41) is 22.2. The Morgan fingerprint density at radius 1 is 0.947 bits per heavy atom. The largest absolute Gasteiger partial charge is 1.00 e. The van der Waals surface area contributed by atoms with E-state index < -0.39 is 6.16 Å². The molecule has 0 rings (SSSR count). The van der Waals surface area contributed by atoms with E-state index in [0.29, 0.717) is 0 Å². The van der Waals surface area contributed by atoms with Crippen molar-refractivity contribution < 1.29 is 44.6 Å². The normalized spacial score (nSPS) is 9.79. The molecule has 0 radical (unpaired) electrons.